The molecule has 1 aliphatic rings. The summed E-state index contributed by atoms with van der Waals surface area (Å²) in [5.41, 5.74) is 0.962. The third-order valence-corrected chi connectivity index (χ3v) is 6.26. The monoisotopic (exact) mass is 430 g/mol. The minimum absolute atomic E-state index is 0.0545. The van der Waals surface area contributed by atoms with Crippen LogP contribution in [0, 0.1) is 17.0 Å². The number of hydrogen-bond donors (Lipinski definition) is 0. The Balaban J connectivity index is 1.67. The molecule has 1 fully saturated rings. The summed E-state index contributed by atoms with van der Waals surface area (Å²) in [5, 5.41) is 15.8. The van der Waals surface area contributed by atoms with Crippen LogP contribution in [0.4, 0.5) is 14.5 Å². The number of carbonyl (C=O) groups excluding carboxylic acids is 1. The SMILES string of the molecule is CCN(C(=O)C(C)CSCC1CC1(F)F)c1cn(-c2ccc[n+]([O-])c2)nc1Cl. The van der Waals surface area contributed by atoms with Crippen molar-refractivity contribution < 1.29 is 18.3 Å². The minimum Gasteiger partial charge on any atom is -0.619 e. The van der Waals surface area contributed by atoms with Crippen LogP contribution >= 0.6 is 23.4 Å². The molecule has 2 aromatic rings. The zero-order chi connectivity index (χ0) is 20.5. The van der Waals surface area contributed by atoms with Crippen LogP contribution in [0.5, 0.6) is 0 Å². The molecule has 1 saturated carbocycles. The molecule has 2 aromatic heterocycles. The predicted octanol–water partition coefficient (Wildman–Crippen LogP) is 3.54. The average molecular weight is 431 g/mol. The Labute approximate surface area is 171 Å². The van der Waals surface area contributed by atoms with E-state index in [2.05, 4.69) is 5.10 Å². The predicted molar refractivity (Wildman–Crippen MR) is 105 cm³/mol. The van der Waals surface area contributed by atoms with Gasteiger partial charge >= 0.3 is 0 Å². The number of hydrogen-bond acceptors (Lipinski definition) is 4. The average Bonchev–Trinajstić information content (AvgIpc) is 3.07. The summed E-state index contributed by atoms with van der Waals surface area (Å²) in [7, 11) is 0. The summed E-state index contributed by atoms with van der Waals surface area (Å²) < 4.78 is 28.0. The van der Waals surface area contributed by atoms with Gasteiger partial charge in [0.25, 0.3) is 5.92 Å². The van der Waals surface area contributed by atoms with Crippen molar-refractivity contribution >= 4 is 35.0 Å². The lowest BCUT2D eigenvalue weighted by molar-refractivity contribution is -0.605. The maximum atomic E-state index is 13.0. The second-order valence-electron chi connectivity index (χ2n) is 6.85. The van der Waals surface area contributed by atoms with E-state index in [9.17, 15) is 18.8 Å². The van der Waals surface area contributed by atoms with Gasteiger partial charge in [0.2, 0.25) is 12.1 Å². The molecule has 28 heavy (non-hydrogen) atoms. The fourth-order valence-corrected chi connectivity index (χ4v) is 4.37. The Morgan fingerprint density at radius 1 is 1.61 bits per heavy atom. The molecule has 2 heterocycles. The molecule has 6 nitrogen and oxygen atoms in total. The molecule has 10 heteroatoms. The van der Waals surface area contributed by atoms with Crippen molar-refractivity contribution in [1.82, 2.24) is 9.78 Å². The molecule has 0 saturated heterocycles. The van der Waals surface area contributed by atoms with E-state index in [0.717, 1.165) is 0 Å². The molecule has 0 radical (unpaired) electrons. The lowest BCUT2D eigenvalue weighted by atomic mass is 10.2. The van der Waals surface area contributed by atoms with E-state index in [1.165, 1.54) is 33.7 Å². The number of pyridine rings is 1. The Kier molecular flexibility index (Phi) is 6.14. The van der Waals surface area contributed by atoms with Crippen molar-refractivity contribution in [3.63, 3.8) is 0 Å². The molecular formula is C18H21ClF2N4O2S. The van der Waals surface area contributed by atoms with Crippen LogP contribution in [-0.4, -0.2) is 39.7 Å². The van der Waals surface area contributed by atoms with E-state index in [0.29, 0.717) is 34.2 Å². The molecule has 2 unspecified atom stereocenters. The summed E-state index contributed by atoms with van der Waals surface area (Å²) in [6, 6.07) is 3.29. The van der Waals surface area contributed by atoms with Gasteiger partial charge in [-0.25, -0.2) is 13.5 Å². The highest BCUT2D eigenvalue weighted by Gasteiger charge is 2.56. The highest BCUT2D eigenvalue weighted by molar-refractivity contribution is 7.99. The van der Waals surface area contributed by atoms with Gasteiger partial charge in [0.15, 0.2) is 11.3 Å². The number of nitrogens with zero attached hydrogens (tertiary/aromatic N) is 4. The lowest BCUT2D eigenvalue weighted by Gasteiger charge is -2.23. The molecule has 2 atom stereocenters. The van der Waals surface area contributed by atoms with E-state index in [1.807, 2.05) is 6.92 Å². The van der Waals surface area contributed by atoms with Crippen LogP contribution in [0.25, 0.3) is 5.69 Å². The fourth-order valence-electron chi connectivity index (χ4n) is 2.86. The van der Waals surface area contributed by atoms with Crippen LogP contribution in [0.1, 0.15) is 20.3 Å². The summed E-state index contributed by atoms with van der Waals surface area (Å²) in [6.07, 6.45) is 4.25. The molecule has 3 rings (SSSR count). The molecule has 0 bridgehead atoms. The van der Waals surface area contributed by atoms with E-state index in [1.54, 1.807) is 25.3 Å². The number of anilines is 1. The number of rotatable bonds is 8. The van der Waals surface area contributed by atoms with Crippen LogP contribution in [0.15, 0.2) is 30.7 Å². The van der Waals surface area contributed by atoms with Gasteiger partial charge in [0, 0.05) is 42.4 Å². The van der Waals surface area contributed by atoms with Crippen molar-refractivity contribution in [2.75, 3.05) is 23.0 Å². The van der Waals surface area contributed by atoms with Crippen molar-refractivity contribution in [3.05, 3.63) is 41.1 Å². The Bertz CT molecular complexity index is 864. The van der Waals surface area contributed by atoms with E-state index in [4.69, 9.17) is 11.6 Å². The Morgan fingerprint density at radius 3 is 2.93 bits per heavy atom. The molecule has 1 aliphatic carbocycles. The van der Waals surface area contributed by atoms with Crippen LogP contribution < -0.4 is 9.63 Å². The first-order valence-electron chi connectivity index (χ1n) is 8.94. The van der Waals surface area contributed by atoms with E-state index < -0.39 is 11.8 Å². The van der Waals surface area contributed by atoms with Gasteiger partial charge in [-0.1, -0.05) is 18.5 Å². The molecule has 0 aliphatic heterocycles. The van der Waals surface area contributed by atoms with Crippen LogP contribution in [0.2, 0.25) is 5.15 Å². The van der Waals surface area contributed by atoms with Gasteiger partial charge in [-0.3, -0.25) is 4.79 Å². The Morgan fingerprint density at radius 2 is 2.32 bits per heavy atom. The number of alkyl halides is 2. The number of aromatic nitrogens is 3. The van der Waals surface area contributed by atoms with Crippen molar-refractivity contribution in [1.29, 1.82) is 0 Å². The normalized spacial score (nSPS) is 18.7. The van der Waals surface area contributed by atoms with E-state index >= 15 is 0 Å². The van der Waals surface area contributed by atoms with Gasteiger partial charge in [0.05, 0.1) is 6.20 Å². The summed E-state index contributed by atoms with van der Waals surface area (Å²) >= 11 is 7.62. The first kappa shape index (κ1) is 20.9. The zero-order valence-corrected chi connectivity index (χ0v) is 17.1. The third kappa shape index (κ3) is 4.57. The summed E-state index contributed by atoms with van der Waals surface area (Å²) in [5.74, 6) is -2.77. The topological polar surface area (TPSA) is 65.1 Å². The smallest absolute Gasteiger partial charge is 0.252 e. The second-order valence-corrected chi connectivity index (χ2v) is 8.29. The summed E-state index contributed by atoms with van der Waals surface area (Å²) in [4.78, 5) is 14.4. The highest BCUT2D eigenvalue weighted by Crippen LogP contribution is 2.50. The largest absolute Gasteiger partial charge is 0.619 e. The number of thioether (sulfide) groups is 1. The second kappa shape index (κ2) is 8.24. The first-order valence-corrected chi connectivity index (χ1v) is 10.5. The lowest BCUT2D eigenvalue weighted by Crippen LogP contribution is -2.36. The van der Waals surface area contributed by atoms with Gasteiger partial charge in [-0.2, -0.15) is 21.6 Å². The van der Waals surface area contributed by atoms with Gasteiger partial charge in [-0.05, 0) is 13.0 Å². The fraction of sp³-hybridized carbons (Fsp3) is 0.500. The van der Waals surface area contributed by atoms with Gasteiger partial charge < -0.3 is 10.1 Å². The maximum absolute atomic E-state index is 13.0. The zero-order valence-electron chi connectivity index (χ0n) is 15.5. The van der Waals surface area contributed by atoms with Crippen molar-refractivity contribution in [3.8, 4) is 5.69 Å². The Hall–Kier alpha value is -1.87. The van der Waals surface area contributed by atoms with Crippen molar-refractivity contribution in [2.24, 2.45) is 11.8 Å². The maximum Gasteiger partial charge on any atom is 0.252 e. The third-order valence-electron chi connectivity index (χ3n) is 4.61. The van der Waals surface area contributed by atoms with Gasteiger partial charge in [0.1, 0.15) is 11.4 Å². The molecule has 0 spiro atoms. The summed E-state index contributed by atoms with van der Waals surface area (Å²) in [6.45, 7) is 3.99. The molecule has 0 aromatic carbocycles. The molecule has 1 amide bonds. The quantitative estimate of drug-likeness (QED) is 0.474. The number of amides is 1. The standard InChI is InChI=1S/C18H21ClF2N4O2S/c1-3-24(17(26)12(2)10-28-11-13-7-18(13,20)21)15-9-25(22-16(15)19)14-5-4-6-23(27)8-14/h4-6,8-9,12-13H,3,7,10-11H2,1-2H3. The molecule has 152 valence electrons. The van der Waals surface area contributed by atoms with Gasteiger partial charge in [-0.15, -0.1) is 0 Å². The van der Waals surface area contributed by atoms with Crippen LogP contribution in [-0.2, 0) is 4.79 Å². The van der Waals surface area contributed by atoms with Crippen molar-refractivity contribution in [2.45, 2.75) is 26.2 Å². The first-order chi connectivity index (χ1) is 13.2. The highest BCUT2D eigenvalue weighted by atomic mass is 35.5. The minimum atomic E-state index is -2.53. The van der Waals surface area contributed by atoms with Crippen LogP contribution in [0.3, 0.4) is 0 Å². The van der Waals surface area contributed by atoms with E-state index in [-0.39, 0.29) is 23.4 Å². The molecular weight excluding hydrogens is 410 g/mol. The number of halogens is 3. The number of carbonyl (C=O) groups is 1. The molecule has 0 N–H and O–H groups in total.